The monoisotopic (exact) mass is 666 g/mol. The summed E-state index contributed by atoms with van der Waals surface area (Å²) in [4.78, 5) is 43.6. The Morgan fingerprint density at radius 2 is 1.61 bits per heavy atom. The maximum absolute atomic E-state index is 13.4. The molecule has 0 fully saturated rings. The van der Waals surface area contributed by atoms with Crippen LogP contribution in [0, 0.1) is 13.8 Å². The number of aryl methyl sites for hydroxylation is 2. The molecule has 0 amide bonds. The number of hydrogen-bond donors (Lipinski definition) is 4. The van der Waals surface area contributed by atoms with Crippen LogP contribution in [0.4, 0.5) is 0 Å². The Hall–Kier alpha value is -4.86. The topological polar surface area (TPSA) is 150 Å². The van der Waals surface area contributed by atoms with Gasteiger partial charge in [-0.25, -0.2) is 0 Å². The zero-order valence-corrected chi connectivity index (χ0v) is 29.5. The molecule has 5 atom stereocenters. The number of allylic oxidation sites excluding steroid dienone is 1. The quantitative estimate of drug-likeness (QED) is 0.162. The Morgan fingerprint density at radius 3 is 2.29 bits per heavy atom. The third kappa shape index (κ3) is 5.70. The van der Waals surface area contributed by atoms with E-state index in [4.69, 9.17) is 19.4 Å². The molecular weight excluding hydrogens is 620 g/mol. The number of methoxy groups -OCH3 is 1. The maximum atomic E-state index is 13.4. The van der Waals surface area contributed by atoms with Crippen LogP contribution in [0.2, 0.25) is 0 Å². The molecule has 3 aromatic rings. The van der Waals surface area contributed by atoms with Crippen LogP contribution in [0.25, 0.3) is 33.6 Å². The van der Waals surface area contributed by atoms with Gasteiger partial charge in [-0.05, 0) is 69.9 Å². The zero-order chi connectivity index (χ0) is 35.3. The van der Waals surface area contributed by atoms with Gasteiger partial charge in [0.05, 0.1) is 29.6 Å². The van der Waals surface area contributed by atoms with Gasteiger partial charge in [-0.1, -0.05) is 32.9 Å². The first-order valence-electron chi connectivity index (χ1n) is 17.1. The SMILES string of the molecule is C/C=C\COC(=O)CCC1c2nc(cc3[nH]c(cc4nc(cc5[nH]c6c2C(C(=O)OC)C(O)=c6c5C)C(CC)C4C)/c(=C(/C)O)c3C)C1C. The highest BCUT2D eigenvalue weighted by Crippen LogP contribution is 2.46. The third-order valence-electron chi connectivity index (χ3n) is 10.7. The average Bonchev–Trinajstić information content (AvgIpc) is 3.80. The summed E-state index contributed by atoms with van der Waals surface area (Å²) in [7, 11) is 1.31. The van der Waals surface area contributed by atoms with Crippen LogP contribution in [0.1, 0.15) is 123 Å². The van der Waals surface area contributed by atoms with Gasteiger partial charge in [0.2, 0.25) is 0 Å². The number of fused-ring (bicyclic) bond motifs is 8. The second-order valence-corrected chi connectivity index (χ2v) is 13.5. The Kier molecular flexibility index (Phi) is 9.17. The number of nitrogens with one attached hydrogen (secondary N) is 2. The Bertz CT molecular complexity index is 2170. The number of aliphatic hydroxyl groups excluding tert-OH is 2. The summed E-state index contributed by atoms with van der Waals surface area (Å²) < 4.78 is 10.7. The van der Waals surface area contributed by atoms with Crippen molar-refractivity contribution in [2.45, 2.75) is 97.3 Å². The van der Waals surface area contributed by atoms with Crippen molar-refractivity contribution < 1.29 is 29.3 Å². The number of aromatic amines is 2. The molecular formula is C39H46N4O6. The van der Waals surface area contributed by atoms with Gasteiger partial charge in [0.1, 0.15) is 18.3 Å². The van der Waals surface area contributed by atoms with Crippen LogP contribution >= 0.6 is 0 Å². The lowest BCUT2D eigenvalue weighted by molar-refractivity contribution is -0.143. The molecule has 0 aromatic carbocycles. The molecule has 0 spiro atoms. The molecule has 2 aliphatic heterocycles. The molecule has 5 heterocycles. The number of rotatable bonds is 7. The van der Waals surface area contributed by atoms with Crippen molar-refractivity contribution in [1.29, 1.82) is 0 Å². The fraction of sp³-hybridized carbons (Fsp3) is 0.436. The molecule has 6 rings (SSSR count). The smallest absolute Gasteiger partial charge is 0.321 e. The highest BCUT2D eigenvalue weighted by molar-refractivity contribution is 5.96. The Labute approximate surface area is 285 Å². The van der Waals surface area contributed by atoms with E-state index < -0.39 is 11.9 Å². The summed E-state index contributed by atoms with van der Waals surface area (Å²) in [5.74, 6) is -2.03. The van der Waals surface area contributed by atoms with Gasteiger partial charge in [-0.3, -0.25) is 19.6 Å². The van der Waals surface area contributed by atoms with Crippen LogP contribution in [0.3, 0.4) is 0 Å². The predicted molar refractivity (Wildman–Crippen MR) is 190 cm³/mol. The second-order valence-electron chi connectivity index (χ2n) is 13.5. The number of ether oxygens (including phenoxy) is 2. The molecule has 49 heavy (non-hydrogen) atoms. The highest BCUT2D eigenvalue weighted by atomic mass is 16.5. The maximum Gasteiger partial charge on any atom is 0.321 e. The molecule has 1 aliphatic carbocycles. The first kappa shape index (κ1) is 34.0. The van der Waals surface area contributed by atoms with Gasteiger partial charge in [0, 0.05) is 74.2 Å². The normalized spacial score (nSPS) is 22.1. The Balaban J connectivity index is 1.73. The lowest BCUT2D eigenvalue weighted by Crippen LogP contribution is -2.18. The van der Waals surface area contributed by atoms with Crippen LogP contribution in [0.5, 0.6) is 0 Å². The molecule has 5 unspecified atom stereocenters. The minimum Gasteiger partial charge on any atom is -0.512 e. The van der Waals surface area contributed by atoms with Gasteiger partial charge in [-0.15, -0.1) is 0 Å². The molecule has 4 N–H and O–H groups in total. The number of esters is 2. The third-order valence-corrected chi connectivity index (χ3v) is 10.7. The van der Waals surface area contributed by atoms with E-state index in [-0.39, 0.29) is 54.2 Å². The standard InChI is InChI=1S/C39H46N4O6/c1-9-11-14-49-31(45)13-12-24-19(4)26-15-27-20(5)32(22(7)44)30(41-27)17-25-18(3)23(10-2)29(40-25)16-28-21(6)33-37(43-28)34(36(24)42-26)35(38(33)46)39(47)48-8/h9,11,15-19,23-24,35,41,43-44,46H,10,12-14H2,1-8H3/b11-9-,26-15?,29-16?,30-17?,32-22-. The second kappa shape index (κ2) is 13.2. The van der Waals surface area contributed by atoms with E-state index in [0.717, 1.165) is 56.4 Å². The van der Waals surface area contributed by atoms with Gasteiger partial charge in [0.25, 0.3) is 0 Å². The minimum absolute atomic E-state index is 0.0820. The summed E-state index contributed by atoms with van der Waals surface area (Å²) in [6.07, 6.45) is 5.05. The summed E-state index contributed by atoms with van der Waals surface area (Å²) >= 11 is 0. The lowest BCUT2D eigenvalue weighted by atomic mass is 9.84. The largest absolute Gasteiger partial charge is 0.512 e. The van der Waals surface area contributed by atoms with Crippen molar-refractivity contribution in [3.8, 4) is 0 Å². The molecule has 10 heteroatoms. The summed E-state index contributed by atoms with van der Waals surface area (Å²) in [5, 5.41) is 23.9. The van der Waals surface area contributed by atoms with E-state index >= 15 is 0 Å². The van der Waals surface area contributed by atoms with Crippen molar-refractivity contribution in [1.82, 2.24) is 19.9 Å². The number of aromatic nitrogens is 4. The Morgan fingerprint density at radius 1 is 0.959 bits per heavy atom. The first-order chi connectivity index (χ1) is 23.4. The van der Waals surface area contributed by atoms with Crippen LogP contribution in [-0.4, -0.2) is 55.8 Å². The molecule has 8 bridgehead atoms. The fourth-order valence-electron chi connectivity index (χ4n) is 7.95. The van der Waals surface area contributed by atoms with Gasteiger partial charge in [0.15, 0.2) is 0 Å². The van der Waals surface area contributed by atoms with E-state index in [1.807, 2.05) is 45.0 Å². The average molecular weight is 667 g/mol. The van der Waals surface area contributed by atoms with Crippen LogP contribution < -0.4 is 10.4 Å². The first-order valence-corrected chi connectivity index (χ1v) is 17.1. The van der Waals surface area contributed by atoms with Crippen LogP contribution in [-0.2, 0) is 19.1 Å². The molecule has 0 saturated heterocycles. The van der Waals surface area contributed by atoms with Crippen molar-refractivity contribution in [2.24, 2.45) is 0 Å². The molecule has 3 aromatic heterocycles. The zero-order valence-electron chi connectivity index (χ0n) is 29.5. The van der Waals surface area contributed by atoms with Gasteiger partial charge in [-0.2, -0.15) is 0 Å². The van der Waals surface area contributed by atoms with E-state index in [1.54, 1.807) is 13.0 Å². The predicted octanol–water partition coefficient (Wildman–Crippen LogP) is 6.64. The summed E-state index contributed by atoms with van der Waals surface area (Å²) in [5.41, 5.74) is 8.40. The molecule has 258 valence electrons. The number of hydrogen-bond acceptors (Lipinski definition) is 8. The number of H-pyrrole nitrogens is 2. The summed E-state index contributed by atoms with van der Waals surface area (Å²) in [6.45, 7) is 14.0. The number of nitrogens with zero attached hydrogens (tertiary/aromatic N) is 2. The number of carbonyl (C=O) groups excluding carboxylic acids is 2. The van der Waals surface area contributed by atoms with Gasteiger partial charge >= 0.3 is 11.9 Å². The van der Waals surface area contributed by atoms with Crippen molar-refractivity contribution in [3.63, 3.8) is 0 Å². The molecule has 3 aliphatic rings. The van der Waals surface area contributed by atoms with E-state index in [9.17, 15) is 19.8 Å². The number of carbonyl (C=O) groups is 2. The lowest BCUT2D eigenvalue weighted by Gasteiger charge is -2.19. The van der Waals surface area contributed by atoms with Gasteiger partial charge < -0.3 is 29.7 Å². The minimum atomic E-state index is -1.08. The van der Waals surface area contributed by atoms with E-state index in [1.165, 1.54) is 7.11 Å². The van der Waals surface area contributed by atoms with Crippen molar-refractivity contribution in [2.75, 3.05) is 13.7 Å². The molecule has 0 radical (unpaired) electrons. The fourth-order valence-corrected chi connectivity index (χ4v) is 7.95. The molecule has 10 nitrogen and oxygen atoms in total. The number of aliphatic hydroxyl groups is 2. The van der Waals surface area contributed by atoms with Crippen LogP contribution in [0.15, 0.2) is 30.4 Å². The van der Waals surface area contributed by atoms with Crippen molar-refractivity contribution in [3.05, 3.63) is 80.3 Å². The van der Waals surface area contributed by atoms with E-state index in [2.05, 4.69) is 30.7 Å². The summed E-state index contributed by atoms with van der Waals surface area (Å²) in [6, 6.07) is 6.06. The van der Waals surface area contributed by atoms with E-state index in [0.29, 0.717) is 28.4 Å². The van der Waals surface area contributed by atoms with Crippen molar-refractivity contribution >= 4 is 45.5 Å². The molecule has 0 saturated carbocycles. The highest BCUT2D eigenvalue weighted by Gasteiger charge is 2.41.